The molecular formula is C17H18O2S2. The molecule has 0 atom stereocenters. The summed E-state index contributed by atoms with van der Waals surface area (Å²) in [6.45, 7) is 2.79. The second-order valence-corrected chi connectivity index (χ2v) is 7.31. The Balaban J connectivity index is 1.76. The van der Waals surface area contributed by atoms with Crippen molar-refractivity contribution in [3.05, 3.63) is 51.2 Å². The number of benzene rings is 1. The molecule has 0 saturated heterocycles. The van der Waals surface area contributed by atoms with Crippen molar-refractivity contribution in [3.8, 4) is 5.75 Å². The Morgan fingerprint density at radius 1 is 1.29 bits per heavy atom. The first kappa shape index (κ1) is 14.7. The zero-order valence-electron chi connectivity index (χ0n) is 12.1. The molecule has 4 heteroatoms. The maximum Gasteiger partial charge on any atom is 0.202 e. The minimum absolute atomic E-state index is 0.126. The van der Waals surface area contributed by atoms with Crippen molar-refractivity contribution in [2.45, 2.75) is 25.5 Å². The summed E-state index contributed by atoms with van der Waals surface area (Å²) in [5.74, 6) is 3.17. The summed E-state index contributed by atoms with van der Waals surface area (Å²) in [6, 6.07) is 9.57. The van der Waals surface area contributed by atoms with E-state index in [0.717, 1.165) is 34.8 Å². The molecule has 1 aromatic heterocycles. The van der Waals surface area contributed by atoms with Gasteiger partial charge in [-0.1, -0.05) is 6.92 Å². The van der Waals surface area contributed by atoms with Crippen LogP contribution in [-0.2, 0) is 12.2 Å². The van der Waals surface area contributed by atoms with E-state index in [-0.39, 0.29) is 5.78 Å². The molecule has 0 N–H and O–H groups in total. The molecule has 0 amide bonds. The number of thioether (sulfide) groups is 1. The summed E-state index contributed by atoms with van der Waals surface area (Å²) in [7, 11) is 0. The van der Waals surface area contributed by atoms with Crippen LogP contribution in [-0.4, -0.2) is 18.1 Å². The van der Waals surface area contributed by atoms with E-state index in [9.17, 15) is 4.79 Å². The number of fused-ring (bicyclic) bond motifs is 1. The summed E-state index contributed by atoms with van der Waals surface area (Å²) in [6.07, 6.45) is 2.08. The van der Waals surface area contributed by atoms with E-state index in [2.05, 4.69) is 13.0 Å². The van der Waals surface area contributed by atoms with Gasteiger partial charge in [-0.3, -0.25) is 4.79 Å². The predicted octanol–water partition coefficient (Wildman–Crippen LogP) is 4.56. The Morgan fingerprint density at radius 3 is 2.81 bits per heavy atom. The first-order valence-corrected chi connectivity index (χ1v) is 9.22. The maximum atomic E-state index is 12.6. The number of carbonyl (C=O) groups is 1. The van der Waals surface area contributed by atoms with Crippen molar-refractivity contribution < 1.29 is 9.53 Å². The van der Waals surface area contributed by atoms with Gasteiger partial charge in [-0.15, -0.1) is 11.3 Å². The first-order valence-electron chi connectivity index (χ1n) is 7.25. The van der Waals surface area contributed by atoms with Crippen molar-refractivity contribution in [1.29, 1.82) is 0 Å². The zero-order chi connectivity index (χ0) is 14.7. The Kier molecular flexibility index (Phi) is 4.66. The number of hydrogen-bond acceptors (Lipinski definition) is 4. The molecule has 1 aliphatic rings. The average molecular weight is 318 g/mol. The van der Waals surface area contributed by atoms with Gasteiger partial charge in [-0.2, -0.15) is 11.8 Å². The van der Waals surface area contributed by atoms with Crippen LogP contribution < -0.4 is 4.74 Å². The molecule has 0 spiro atoms. The van der Waals surface area contributed by atoms with E-state index in [1.165, 1.54) is 16.2 Å². The van der Waals surface area contributed by atoms with Crippen molar-refractivity contribution >= 4 is 28.9 Å². The predicted molar refractivity (Wildman–Crippen MR) is 89.8 cm³/mol. The minimum Gasteiger partial charge on any atom is -0.494 e. The Morgan fingerprint density at radius 2 is 2.10 bits per heavy atom. The molecule has 0 radical (unpaired) electrons. The van der Waals surface area contributed by atoms with E-state index in [1.54, 1.807) is 11.3 Å². The van der Waals surface area contributed by atoms with E-state index >= 15 is 0 Å². The molecular weight excluding hydrogens is 300 g/mol. The van der Waals surface area contributed by atoms with Gasteiger partial charge in [0, 0.05) is 16.2 Å². The fraction of sp³-hybridized carbons (Fsp3) is 0.353. The third-order valence-corrected chi connectivity index (χ3v) is 5.68. The monoisotopic (exact) mass is 318 g/mol. The second-order valence-electron chi connectivity index (χ2n) is 5.06. The Bertz CT molecular complexity index is 605. The molecule has 0 unspecified atom stereocenters. The molecule has 21 heavy (non-hydrogen) atoms. The van der Waals surface area contributed by atoms with Crippen LogP contribution in [0, 0.1) is 0 Å². The fourth-order valence-corrected chi connectivity index (χ4v) is 4.66. The van der Waals surface area contributed by atoms with Crippen molar-refractivity contribution in [2.75, 3.05) is 12.4 Å². The van der Waals surface area contributed by atoms with Crippen molar-refractivity contribution in [2.24, 2.45) is 0 Å². The molecule has 2 heterocycles. The third-order valence-electron chi connectivity index (χ3n) is 3.44. The highest BCUT2D eigenvalue weighted by atomic mass is 32.2. The van der Waals surface area contributed by atoms with Gasteiger partial charge in [0.05, 0.1) is 11.5 Å². The first-order chi connectivity index (χ1) is 10.3. The van der Waals surface area contributed by atoms with Gasteiger partial charge in [-0.05, 0) is 54.5 Å². The third kappa shape index (κ3) is 3.33. The normalized spacial score (nSPS) is 13.8. The summed E-state index contributed by atoms with van der Waals surface area (Å²) in [4.78, 5) is 14.8. The van der Waals surface area contributed by atoms with Gasteiger partial charge in [0.1, 0.15) is 5.75 Å². The smallest absolute Gasteiger partial charge is 0.202 e. The number of hydrogen-bond donors (Lipinski definition) is 0. The largest absolute Gasteiger partial charge is 0.494 e. The molecule has 110 valence electrons. The van der Waals surface area contributed by atoms with Crippen LogP contribution in [0.3, 0.4) is 0 Å². The van der Waals surface area contributed by atoms with Crippen LogP contribution in [0.1, 0.15) is 39.0 Å². The molecule has 1 aromatic carbocycles. The van der Waals surface area contributed by atoms with Crippen LogP contribution in [0.2, 0.25) is 0 Å². The lowest BCUT2D eigenvalue weighted by Gasteiger charge is -2.08. The topological polar surface area (TPSA) is 26.3 Å². The van der Waals surface area contributed by atoms with E-state index < -0.39 is 0 Å². The number of aryl methyl sites for hydroxylation is 1. The van der Waals surface area contributed by atoms with Crippen LogP contribution in [0.5, 0.6) is 5.75 Å². The van der Waals surface area contributed by atoms with E-state index in [4.69, 9.17) is 4.74 Å². The molecule has 0 fully saturated rings. The molecule has 0 saturated carbocycles. The van der Waals surface area contributed by atoms with Gasteiger partial charge in [0.25, 0.3) is 0 Å². The van der Waals surface area contributed by atoms with Gasteiger partial charge in [-0.25, -0.2) is 0 Å². The standard InChI is InChI=1S/C17H18O2S2/c1-2-8-19-14-5-3-12(4-6-14)17(18)16-10-13-11-20-9-7-15(13)21-16/h3-6,10H,2,7-9,11H2,1H3. The lowest BCUT2D eigenvalue weighted by Crippen LogP contribution is -1.99. The highest BCUT2D eigenvalue weighted by Crippen LogP contribution is 2.32. The van der Waals surface area contributed by atoms with Crippen LogP contribution in [0.15, 0.2) is 30.3 Å². The molecule has 2 nitrogen and oxygen atoms in total. The summed E-state index contributed by atoms with van der Waals surface area (Å²) in [5.41, 5.74) is 2.09. The number of ether oxygens (including phenoxy) is 1. The van der Waals surface area contributed by atoms with Gasteiger partial charge < -0.3 is 4.74 Å². The quantitative estimate of drug-likeness (QED) is 0.756. The summed E-state index contributed by atoms with van der Waals surface area (Å²) >= 11 is 3.61. The molecule has 2 aromatic rings. The van der Waals surface area contributed by atoms with Gasteiger partial charge >= 0.3 is 0 Å². The Hall–Kier alpha value is -1.26. The van der Waals surface area contributed by atoms with Crippen molar-refractivity contribution in [1.82, 2.24) is 0 Å². The maximum absolute atomic E-state index is 12.6. The second kappa shape index (κ2) is 6.67. The number of ketones is 1. The van der Waals surface area contributed by atoms with Gasteiger partial charge in [0.2, 0.25) is 5.78 Å². The van der Waals surface area contributed by atoms with Crippen LogP contribution in [0.25, 0.3) is 0 Å². The number of carbonyl (C=O) groups excluding carboxylic acids is 1. The average Bonchev–Trinajstić information content (AvgIpc) is 2.96. The van der Waals surface area contributed by atoms with Crippen LogP contribution >= 0.6 is 23.1 Å². The van der Waals surface area contributed by atoms with Gasteiger partial charge in [0.15, 0.2) is 0 Å². The lowest BCUT2D eigenvalue weighted by molar-refractivity contribution is 0.104. The molecule has 0 aliphatic carbocycles. The Labute approximate surface area is 133 Å². The van der Waals surface area contributed by atoms with E-state index in [0.29, 0.717) is 6.61 Å². The molecule has 1 aliphatic heterocycles. The zero-order valence-corrected chi connectivity index (χ0v) is 13.7. The van der Waals surface area contributed by atoms with E-state index in [1.807, 2.05) is 36.0 Å². The minimum atomic E-state index is 0.126. The number of thiophene rings is 1. The summed E-state index contributed by atoms with van der Waals surface area (Å²) in [5, 5.41) is 0. The highest BCUT2D eigenvalue weighted by Gasteiger charge is 2.18. The highest BCUT2D eigenvalue weighted by molar-refractivity contribution is 7.98. The summed E-state index contributed by atoms with van der Waals surface area (Å²) < 4.78 is 5.55. The SMILES string of the molecule is CCCOc1ccc(C(=O)c2cc3c(s2)CCSC3)cc1. The van der Waals surface area contributed by atoms with Crippen molar-refractivity contribution in [3.63, 3.8) is 0 Å². The number of rotatable bonds is 5. The molecule has 3 rings (SSSR count). The lowest BCUT2D eigenvalue weighted by atomic mass is 10.1. The molecule has 0 bridgehead atoms. The fourth-order valence-electron chi connectivity index (χ4n) is 2.32. The van der Waals surface area contributed by atoms with Crippen LogP contribution in [0.4, 0.5) is 0 Å².